The van der Waals surface area contributed by atoms with Crippen LogP contribution in [0.4, 0.5) is 11.6 Å². The van der Waals surface area contributed by atoms with Gasteiger partial charge in [0.15, 0.2) is 6.10 Å². The van der Waals surface area contributed by atoms with E-state index in [4.69, 9.17) is 10.00 Å². The molecule has 0 amide bonds. The van der Waals surface area contributed by atoms with Crippen LogP contribution in [0.25, 0.3) is 0 Å². The first kappa shape index (κ1) is 10.6. The van der Waals surface area contributed by atoms with Crippen LogP contribution in [0.3, 0.4) is 0 Å². The van der Waals surface area contributed by atoms with Gasteiger partial charge in [-0.1, -0.05) is 0 Å². The molecule has 84 valence electrons. The molecule has 6 heteroatoms. The minimum Gasteiger partial charge on any atom is -0.373 e. The molecule has 0 radical (unpaired) electrons. The lowest BCUT2D eigenvalue weighted by Gasteiger charge is -2.30. The van der Waals surface area contributed by atoms with E-state index in [0.717, 1.165) is 18.2 Å². The zero-order valence-corrected chi connectivity index (χ0v) is 9.05. The molecule has 1 unspecified atom stereocenters. The topological polar surface area (TPSA) is 74.1 Å². The van der Waals surface area contributed by atoms with Crippen LogP contribution in [-0.2, 0) is 4.74 Å². The summed E-state index contributed by atoms with van der Waals surface area (Å²) in [5.41, 5.74) is 0. The number of ether oxygens (including phenoxy) is 1. The van der Waals surface area contributed by atoms with Gasteiger partial charge in [0.05, 0.1) is 19.2 Å². The minimum atomic E-state index is -0.373. The Balaban J connectivity index is 2.14. The molecule has 1 aromatic rings. The molecule has 0 bridgehead atoms. The van der Waals surface area contributed by atoms with Crippen LogP contribution in [0, 0.1) is 11.3 Å². The van der Waals surface area contributed by atoms with Gasteiger partial charge >= 0.3 is 0 Å². The summed E-state index contributed by atoms with van der Waals surface area (Å²) in [7, 11) is 1.81. The van der Waals surface area contributed by atoms with Crippen molar-refractivity contribution >= 4 is 11.6 Å². The Morgan fingerprint density at radius 1 is 1.62 bits per heavy atom. The largest absolute Gasteiger partial charge is 0.373 e. The number of aromatic nitrogens is 2. The summed E-state index contributed by atoms with van der Waals surface area (Å²) in [6.07, 6.45) is 1.14. The number of rotatable bonds is 2. The summed E-state index contributed by atoms with van der Waals surface area (Å²) in [6, 6.07) is 3.97. The van der Waals surface area contributed by atoms with Gasteiger partial charge in [-0.25, -0.2) is 9.97 Å². The monoisotopic (exact) mass is 219 g/mol. The smallest absolute Gasteiger partial charge is 0.161 e. The summed E-state index contributed by atoms with van der Waals surface area (Å²) in [5.74, 6) is 1.59. The fourth-order valence-corrected chi connectivity index (χ4v) is 1.59. The number of hydrogen-bond acceptors (Lipinski definition) is 6. The van der Waals surface area contributed by atoms with Crippen molar-refractivity contribution in [3.63, 3.8) is 0 Å². The molecule has 6 nitrogen and oxygen atoms in total. The zero-order chi connectivity index (χ0) is 11.4. The van der Waals surface area contributed by atoms with E-state index in [1.807, 2.05) is 18.0 Å². The number of nitrogens with one attached hydrogen (secondary N) is 1. The summed E-state index contributed by atoms with van der Waals surface area (Å²) in [6.45, 7) is 1.85. The Kier molecular flexibility index (Phi) is 3.17. The van der Waals surface area contributed by atoms with E-state index >= 15 is 0 Å². The van der Waals surface area contributed by atoms with Gasteiger partial charge in [-0.15, -0.1) is 0 Å². The molecule has 1 aromatic heterocycles. The van der Waals surface area contributed by atoms with Gasteiger partial charge < -0.3 is 15.0 Å². The Bertz CT molecular complexity index is 402. The summed E-state index contributed by atoms with van der Waals surface area (Å²) >= 11 is 0. The molecule has 1 fully saturated rings. The van der Waals surface area contributed by atoms with Crippen molar-refractivity contribution in [1.82, 2.24) is 9.97 Å². The molecule has 2 rings (SSSR count). The van der Waals surface area contributed by atoms with E-state index in [-0.39, 0.29) is 6.10 Å². The third kappa shape index (κ3) is 2.20. The summed E-state index contributed by atoms with van der Waals surface area (Å²) in [4.78, 5) is 10.3. The number of anilines is 2. The van der Waals surface area contributed by atoms with Gasteiger partial charge in [0.1, 0.15) is 18.0 Å². The molecule has 2 heterocycles. The quantitative estimate of drug-likeness (QED) is 0.768. The molecule has 0 aliphatic carbocycles. The van der Waals surface area contributed by atoms with Crippen molar-refractivity contribution in [3.05, 3.63) is 12.4 Å². The predicted octanol–water partition coefficient (Wildman–Crippen LogP) is 0.247. The maximum absolute atomic E-state index is 8.81. The van der Waals surface area contributed by atoms with Crippen LogP contribution in [0.1, 0.15) is 0 Å². The van der Waals surface area contributed by atoms with Gasteiger partial charge in [-0.3, -0.25) is 0 Å². The maximum atomic E-state index is 8.81. The second-order valence-electron chi connectivity index (χ2n) is 3.45. The van der Waals surface area contributed by atoms with Crippen molar-refractivity contribution < 1.29 is 4.74 Å². The van der Waals surface area contributed by atoms with Crippen LogP contribution in [0.5, 0.6) is 0 Å². The van der Waals surface area contributed by atoms with E-state index in [1.54, 1.807) is 0 Å². The standard InChI is InChI=1S/C10H13N5O/c1-12-9-4-10(14-7-13-9)15-2-3-16-8(5-11)6-15/h4,7-8H,2-3,6H2,1H3,(H,12,13,14). The summed E-state index contributed by atoms with van der Waals surface area (Å²) < 4.78 is 5.27. The molecule has 16 heavy (non-hydrogen) atoms. The first-order valence-corrected chi connectivity index (χ1v) is 5.09. The Morgan fingerprint density at radius 3 is 3.25 bits per heavy atom. The fourth-order valence-electron chi connectivity index (χ4n) is 1.59. The molecule has 0 aromatic carbocycles. The lowest BCUT2D eigenvalue weighted by atomic mass is 10.3. The SMILES string of the molecule is CNc1cc(N2CCOC(C#N)C2)ncn1. The van der Waals surface area contributed by atoms with Gasteiger partial charge in [-0.2, -0.15) is 5.26 Å². The van der Waals surface area contributed by atoms with Crippen LogP contribution < -0.4 is 10.2 Å². The van der Waals surface area contributed by atoms with Crippen LogP contribution in [-0.4, -0.2) is 42.8 Å². The highest BCUT2D eigenvalue weighted by atomic mass is 16.5. The molecule has 1 saturated heterocycles. The molecular formula is C10H13N5O. The minimum absolute atomic E-state index is 0.373. The number of nitrogens with zero attached hydrogens (tertiary/aromatic N) is 4. The molecule has 1 N–H and O–H groups in total. The molecule has 0 saturated carbocycles. The van der Waals surface area contributed by atoms with E-state index in [9.17, 15) is 0 Å². The van der Waals surface area contributed by atoms with E-state index in [2.05, 4.69) is 21.4 Å². The first-order chi connectivity index (χ1) is 7.83. The molecular weight excluding hydrogens is 206 g/mol. The van der Waals surface area contributed by atoms with Gasteiger partial charge in [0.2, 0.25) is 0 Å². The highest BCUT2D eigenvalue weighted by Gasteiger charge is 2.21. The van der Waals surface area contributed by atoms with Crippen molar-refractivity contribution in [3.8, 4) is 6.07 Å². The number of hydrogen-bond donors (Lipinski definition) is 1. The Morgan fingerprint density at radius 2 is 2.50 bits per heavy atom. The van der Waals surface area contributed by atoms with Gasteiger partial charge in [0.25, 0.3) is 0 Å². The number of morpholine rings is 1. The number of nitriles is 1. The van der Waals surface area contributed by atoms with Crippen molar-refractivity contribution in [2.45, 2.75) is 6.10 Å². The lowest BCUT2D eigenvalue weighted by Crippen LogP contribution is -2.42. The first-order valence-electron chi connectivity index (χ1n) is 5.09. The van der Waals surface area contributed by atoms with E-state index in [1.165, 1.54) is 6.33 Å². The van der Waals surface area contributed by atoms with Crippen LogP contribution in [0.2, 0.25) is 0 Å². The lowest BCUT2D eigenvalue weighted by molar-refractivity contribution is 0.0761. The van der Waals surface area contributed by atoms with Crippen molar-refractivity contribution in [2.75, 3.05) is 37.0 Å². The maximum Gasteiger partial charge on any atom is 0.161 e. The zero-order valence-electron chi connectivity index (χ0n) is 9.05. The summed E-state index contributed by atoms with van der Waals surface area (Å²) in [5, 5.41) is 11.8. The second-order valence-corrected chi connectivity index (χ2v) is 3.45. The highest BCUT2D eigenvalue weighted by Crippen LogP contribution is 2.16. The molecule has 0 spiro atoms. The van der Waals surface area contributed by atoms with Crippen LogP contribution in [0.15, 0.2) is 12.4 Å². The van der Waals surface area contributed by atoms with Crippen molar-refractivity contribution in [2.24, 2.45) is 0 Å². The molecule has 1 atom stereocenters. The van der Waals surface area contributed by atoms with Crippen molar-refractivity contribution in [1.29, 1.82) is 5.26 Å². The van der Waals surface area contributed by atoms with E-state index in [0.29, 0.717) is 13.2 Å². The Labute approximate surface area is 93.9 Å². The highest BCUT2D eigenvalue weighted by molar-refractivity contribution is 5.48. The average Bonchev–Trinajstić information content (AvgIpc) is 2.39. The third-order valence-electron chi connectivity index (χ3n) is 2.44. The average molecular weight is 219 g/mol. The molecule has 1 aliphatic heterocycles. The normalized spacial score (nSPS) is 20.2. The van der Waals surface area contributed by atoms with Gasteiger partial charge in [-0.05, 0) is 0 Å². The van der Waals surface area contributed by atoms with Gasteiger partial charge in [0, 0.05) is 19.7 Å². The second kappa shape index (κ2) is 4.77. The van der Waals surface area contributed by atoms with E-state index < -0.39 is 0 Å². The fraction of sp³-hybridized carbons (Fsp3) is 0.500. The Hall–Kier alpha value is -1.87. The molecule has 1 aliphatic rings. The van der Waals surface area contributed by atoms with Crippen LogP contribution >= 0.6 is 0 Å². The third-order valence-corrected chi connectivity index (χ3v) is 2.44. The predicted molar refractivity (Wildman–Crippen MR) is 59.1 cm³/mol.